The summed E-state index contributed by atoms with van der Waals surface area (Å²) < 4.78 is 5.83. The Bertz CT molecular complexity index is 754. The van der Waals surface area contributed by atoms with E-state index in [1.165, 1.54) is 4.88 Å². The number of aryl methyl sites for hydroxylation is 1. The first kappa shape index (κ1) is 21.3. The van der Waals surface area contributed by atoms with Crippen LogP contribution in [0.15, 0.2) is 30.3 Å². The fraction of sp³-hybridized carbons (Fsp3) is 0.609. The van der Waals surface area contributed by atoms with Gasteiger partial charge in [0.05, 0.1) is 12.3 Å². The smallest absolute Gasteiger partial charge is 0.125 e. The molecular weight excluding hydrogens is 368 g/mol. The lowest BCUT2D eigenvalue weighted by molar-refractivity contribution is 0.0200. The van der Waals surface area contributed by atoms with Crippen molar-refractivity contribution in [3.63, 3.8) is 0 Å². The van der Waals surface area contributed by atoms with Crippen LogP contribution in [0.2, 0.25) is 0 Å². The SMILES string of the molecule is Cc1nc([C@]2(O)CCCN(CC(C)(C)C)CC2)sc1CCOc1ccccc1. The van der Waals surface area contributed by atoms with Crippen molar-refractivity contribution in [2.24, 2.45) is 5.41 Å². The number of rotatable bonds is 6. The third-order valence-corrected chi connectivity index (χ3v) is 6.65. The van der Waals surface area contributed by atoms with Crippen molar-refractivity contribution in [1.29, 1.82) is 0 Å². The molecule has 0 spiro atoms. The van der Waals surface area contributed by atoms with Gasteiger partial charge in [0.15, 0.2) is 0 Å². The van der Waals surface area contributed by atoms with Gasteiger partial charge >= 0.3 is 0 Å². The summed E-state index contributed by atoms with van der Waals surface area (Å²) in [6.07, 6.45) is 3.39. The van der Waals surface area contributed by atoms with Crippen LogP contribution in [0.3, 0.4) is 0 Å². The lowest BCUT2D eigenvalue weighted by Gasteiger charge is -2.29. The molecule has 3 rings (SSSR count). The van der Waals surface area contributed by atoms with E-state index >= 15 is 0 Å². The van der Waals surface area contributed by atoms with Crippen LogP contribution in [0.25, 0.3) is 0 Å². The van der Waals surface area contributed by atoms with E-state index in [0.717, 1.165) is 61.8 Å². The molecule has 0 saturated carbocycles. The molecule has 0 unspecified atom stereocenters. The minimum Gasteiger partial charge on any atom is -0.493 e. The number of likely N-dealkylation sites (tertiary alicyclic amines) is 1. The van der Waals surface area contributed by atoms with Crippen LogP contribution in [-0.2, 0) is 12.0 Å². The van der Waals surface area contributed by atoms with Gasteiger partial charge in [-0.05, 0) is 50.3 Å². The predicted octanol–water partition coefficient (Wildman–Crippen LogP) is 4.79. The highest BCUT2D eigenvalue weighted by atomic mass is 32.1. The van der Waals surface area contributed by atoms with Gasteiger partial charge in [0.2, 0.25) is 0 Å². The third-order valence-electron chi connectivity index (χ3n) is 5.24. The molecule has 28 heavy (non-hydrogen) atoms. The number of thiazole rings is 1. The molecule has 2 aromatic rings. The number of nitrogens with zero attached hydrogens (tertiary/aromatic N) is 2. The number of aromatic nitrogens is 1. The van der Waals surface area contributed by atoms with Crippen molar-refractivity contribution in [2.45, 2.75) is 59.0 Å². The van der Waals surface area contributed by atoms with Gasteiger partial charge in [-0.1, -0.05) is 39.0 Å². The van der Waals surface area contributed by atoms with Gasteiger partial charge < -0.3 is 14.7 Å². The molecule has 154 valence electrons. The lowest BCUT2D eigenvalue weighted by Crippen LogP contribution is -2.34. The molecule has 1 saturated heterocycles. The molecule has 4 nitrogen and oxygen atoms in total. The maximum Gasteiger partial charge on any atom is 0.125 e. The van der Waals surface area contributed by atoms with Gasteiger partial charge in [-0.15, -0.1) is 11.3 Å². The van der Waals surface area contributed by atoms with Gasteiger partial charge in [-0.3, -0.25) is 0 Å². The molecule has 1 aliphatic heterocycles. The number of benzene rings is 1. The third kappa shape index (κ3) is 5.79. The van der Waals surface area contributed by atoms with Crippen LogP contribution in [0.5, 0.6) is 5.75 Å². The zero-order valence-corrected chi connectivity index (χ0v) is 18.5. The fourth-order valence-corrected chi connectivity index (χ4v) is 5.04. The van der Waals surface area contributed by atoms with Crippen molar-refractivity contribution in [3.05, 3.63) is 45.9 Å². The van der Waals surface area contributed by atoms with Gasteiger partial charge in [0.25, 0.3) is 0 Å². The highest BCUT2D eigenvalue weighted by molar-refractivity contribution is 7.11. The summed E-state index contributed by atoms with van der Waals surface area (Å²) >= 11 is 1.66. The van der Waals surface area contributed by atoms with Gasteiger partial charge in [-0.2, -0.15) is 0 Å². The Hall–Kier alpha value is -1.43. The van der Waals surface area contributed by atoms with Crippen LogP contribution in [0, 0.1) is 12.3 Å². The molecule has 1 N–H and O–H groups in total. The molecule has 2 heterocycles. The topological polar surface area (TPSA) is 45.6 Å². The standard InChI is InChI=1S/C23H34N2O2S/c1-18-20(11-16-27-19-9-6-5-7-10-19)28-21(24-18)23(26)12-8-14-25(15-13-23)17-22(2,3)4/h5-7,9-10,26H,8,11-17H2,1-4H3/t23-/m0/s1. The van der Waals surface area contributed by atoms with E-state index < -0.39 is 5.60 Å². The van der Waals surface area contributed by atoms with E-state index in [4.69, 9.17) is 9.72 Å². The van der Waals surface area contributed by atoms with Gasteiger partial charge in [-0.25, -0.2) is 4.98 Å². The first-order valence-electron chi connectivity index (χ1n) is 10.3. The van der Waals surface area contributed by atoms with E-state index in [-0.39, 0.29) is 5.41 Å². The minimum atomic E-state index is -0.791. The van der Waals surface area contributed by atoms with Crippen molar-refractivity contribution < 1.29 is 9.84 Å². The Balaban J connectivity index is 1.61. The summed E-state index contributed by atoms with van der Waals surface area (Å²) in [6, 6.07) is 9.90. The van der Waals surface area contributed by atoms with Crippen LogP contribution in [0.1, 0.15) is 55.6 Å². The predicted molar refractivity (Wildman–Crippen MR) is 116 cm³/mol. The average molecular weight is 403 g/mol. The fourth-order valence-electron chi connectivity index (χ4n) is 3.86. The second-order valence-electron chi connectivity index (χ2n) is 9.16. The zero-order valence-electron chi connectivity index (χ0n) is 17.7. The first-order valence-corrected chi connectivity index (χ1v) is 11.2. The Morgan fingerprint density at radius 3 is 2.64 bits per heavy atom. The highest BCUT2D eigenvalue weighted by Gasteiger charge is 2.36. The molecule has 1 aromatic carbocycles. The largest absolute Gasteiger partial charge is 0.493 e. The van der Waals surface area contributed by atoms with E-state index in [0.29, 0.717) is 6.61 Å². The maximum absolute atomic E-state index is 11.4. The molecule has 0 amide bonds. The van der Waals surface area contributed by atoms with Gasteiger partial charge in [0, 0.05) is 24.4 Å². The molecule has 1 aliphatic rings. The highest BCUT2D eigenvalue weighted by Crippen LogP contribution is 2.37. The van der Waals surface area contributed by atoms with E-state index in [1.807, 2.05) is 37.3 Å². The Kier molecular flexibility index (Phi) is 6.79. The van der Waals surface area contributed by atoms with E-state index in [1.54, 1.807) is 11.3 Å². The molecule has 0 radical (unpaired) electrons. The number of ether oxygens (including phenoxy) is 1. The molecular formula is C23H34N2O2S. The molecule has 1 aromatic heterocycles. The van der Waals surface area contributed by atoms with Crippen LogP contribution in [-0.4, -0.2) is 41.2 Å². The Morgan fingerprint density at radius 1 is 1.18 bits per heavy atom. The maximum atomic E-state index is 11.4. The number of hydrogen-bond acceptors (Lipinski definition) is 5. The summed E-state index contributed by atoms with van der Waals surface area (Å²) in [6.45, 7) is 12.6. The van der Waals surface area contributed by atoms with Gasteiger partial charge in [0.1, 0.15) is 16.4 Å². The number of hydrogen-bond donors (Lipinski definition) is 1. The summed E-state index contributed by atoms with van der Waals surface area (Å²) in [5.74, 6) is 0.895. The zero-order chi connectivity index (χ0) is 20.2. The molecule has 1 atom stereocenters. The quantitative estimate of drug-likeness (QED) is 0.754. The number of aliphatic hydroxyl groups is 1. The van der Waals surface area contributed by atoms with Crippen molar-refractivity contribution in [3.8, 4) is 5.75 Å². The monoisotopic (exact) mass is 402 g/mol. The Labute approximate surface area is 173 Å². The van der Waals surface area contributed by atoms with Crippen LogP contribution >= 0.6 is 11.3 Å². The molecule has 1 fully saturated rings. The summed E-state index contributed by atoms with van der Waals surface area (Å²) in [7, 11) is 0. The van der Waals surface area contributed by atoms with E-state index in [9.17, 15) is 5.11 Å². The van der Waals surface area contributed by atoms with E-state index in [2.05, 4.69) is 25.7 Å². The molecule has 5 heteroatoms. The van der Waals surface area contributed by atoms with Crippen molar-refractivity contribution in [2.75, 3.05) is 26.2 Å². The average Bonchev–Trinajstić information content (AvgIpc) is 2.90. The summed E-state index contributed by atoms with van der Waals surface area (Å²) in [5.41, 5.74) is 0.521. The van der Waals surface area contributed by atoms with Crippen LogP contribution in [0.4, 0.5) is 0 Å². The van der Waals surface area contributed by atoms with Crippen molar-refractivity contribution in [1.82, 2.24) is 9.88 Å². The normalized spacial score (nSPS) is 21.5. The lowest BCUT2D eigenvalue weighted by atomic mass is 9.95. The van der Waals surface area contributed by atoms with Crippen molar-refractivity contribution >= 4 is 11.3 Å². The summed E-state index contributed by atoms with van der Waals surface area (Å²) in [5, 5.41) is 12.3. The Morgan fingerprint density at radius 2 is 1.93 bits per heavy atom. The second kappa shape index (κ2) is 8.93. The molecule has 0 aliphatic carbocycles. The first-order chi connectivity index (χ1) is 13.3. The number of para-hydroxylation sites is 1. The second-order valence-corrected chi connectivity index (χ2v) is 10.2. The summed E-state index contributed by atoms with van der Waals surface area (Å²) in [4.78, 5) is 8.48. The molecule has 0 bridgehead atoms. The van der Waals surface area contributed by atoms with Crippen LogP contribution < -0.4 is 4.74 Å². The minimum absolute atomic E-state index is 0.284.